The molecule has 1 aromatic heterocycles. The molecule has 166 valence electrons. The monoisotopic (exact) mass is 453 g/mol. The van der Waals surface area contributed by atoms with E-state index in [2.05, 4.69) is 5.10 Å². The molecule has 2 aromatic carbocycles. The van der Waals surface area contributed by atoms with Crippen LogP contribution in [0.15, 0.2) is 54.7 Å². The van der Waals surface area contributed by atoms with Crippen LogP contribution in [0.3, 0.4) is 0 Å². The Morgan fingerprint density at radius 1 is 1.12 bits per heavy atom. The molecule has 0 unspecified atom stereocenters. The van der Waals surface area contributed by atoms with Crippen molar-refractivity contribution in [3.05, 3.63) is 77.1 Å². The number of aromatic nitrogens is 2. The summed E-state index contributed by atoms with van der Waals surface area (Å²) in [7, 11) is -3.38. The molecule has 0 atom stereocenters. The van der Waals surface area contributed by atoms with E-state index in [1.807, 2.05) is 30.3 Å². The fraction of sp³-hybridized carbons (Fsp3) is 0.261. The van der Waals surface area contributed by atoms with Crippen LogP contribution < -0.4 is 4.31 Å². The van der Waals surface area contributed by atoms with E-state index in [0.717, 1.165) is 11.3 Å². The predicted molar refractivity (Wildman–Crippen MR) is 120 cm³/mol. The van der Waals surface area contributed by atoms with Crippen molar-refractivity contribution in [2.45, 2.75) is 19.8 Å². The van der Waals surface area contributed by atoms with Crippen molar-refractivity contribution in [1.82, 2.24) is 9.78 Å². The molecular weight excluding hydrogens is 430 g/mol. The van der Waals surface area contributed by atoms with E-state index in [4.69, 9.17) is 4.74 Å². The molecule has 2 heterocycles. The Hall–Kier alpha value is -3.46. The second-order valence-corrected chi connectivity index (χ2v) is 9.58. The largest absolute Gasteiger partial charge is 0.454 e. The number of nitrogens with zero attached hydrogens (tertiary/aromatic N) is 3. The number of hydrogen-bond acceptors (Lipinski definition) is 6. The summed E-state index contributed by atoms with van der Waals surface area (Å²) in [6, 6.07) is 14.3. The molecule has 1 aliphatic rings. The Labute approximate surface area is 186 Å². The molecule has 0 N–H and O–H groups in total. The zero-order valence-corrected chi connectivity index (χ0v) is 18.6. The van der Waals surface area contributed by atoms with Crippen molar-refractivity contribution in [3.8, 4) is 5.69 Å². The van der Waals surface area contributed by atoms with Crippen molar-refractivity contribution >= 4 is 27.5 Å². The lowest BCUT2D eigenvalue weighted by molar-refractivity contribution is 0.0474. The first kappa shape index (κ1) is 21.8. The number of anilines is 1. The summed E-state index contributed by atoms with van der Waals surface area (Å²) in [5, 5.41) is 4.24. The van der Waals surface area contributed by atoms with Crippen LogP contribution in [-0.4, -0.2) is 49.4 Å². The van der Waals surface area contributed by atoms with Crippen molar-refractivity contribution in [3.63, 3.8) is 0 Å². The Balaban J connectivity index is 1.46. The summed E-state index contributed by atoms with van der Waals surface area (Å²) in [5.74, 6) is -0.982. The lowest BCUT2D eigenvalue weighted by atomic mass is 9.99. The van der Waals surface area contributed by atoms with Gasteiger partial charge in [0.05, 0.1) is 29.5 Å². The van der Waals surface area contributed by atoms with Gasteiger partial charge in [0.2, 0.25) is 10.0 Å². The molecule has 0 aliphatic carbocycles. The maximum Gasteiger partial charge on any atom is 0.342 e. The summed E-state index contributed by atoms with van der Waals surface area (Å²) in [4.78, 5) is 25.2. The van der Waals surface area contributed by atoms with E-state index in [0.29, 0.717) is 36.3 Å². The number of benzene rings is 2. The molecule has 0 saturated heterocycles. The van der Waals surface area contributed by atoms with Crippen molar-refractivity contribution in [1.29, 1.82) is 0 Å². The van der Waals surface area contributed by atoms with Crippen LogP contribution in [0.4, 0.5) is 5.69 Å². The highest BCUT2D eigenvalue weighted by molar-refractivity contribution is 7.92. The molecule has 0 spiro atoms. The van der Waals surface area contributed by atoms with Gasteiger partial charge in [0.15, 0.2) is 12.4 Å². The highest BCUT2D eigenvalue weighted by Crippen LogP contribution is 2.30. The van der Waals surface area contributed by atoms with E-state index in [-0.39, 0.29) is 11.3 Å². The van der Waals surface area contributed by atoms with Gasteiger partial charge in [-0.1, -0.05) is 18.2 Å². The summed E-state index contributed by atoms with van der Waals surface area (Å²) in [6.45, 7) is 1.77. The van der Waals surface area contributed by atoms with Gasteiger partial charge in [-0.25, -0.2) is 17.9 Å². The number of rotatable bonds is 6. The quantitative estimate of drug-likeness (QED) is 0.420. The number of aryl methyl sites for hydroxylation is 1. The molecule has 0 bridgehead atoms. The smallest absolute Gasteiger partial charge is 0.342 e. The maximum atomic E-state index is 12.6. The fourth-order valence-corrected chi connectivity index (χ4v) is 4.81. The number of carbonyl (C=O) groups is 2. The standard InChI is InChI=1S/C23H23N3O5S/c1-16-20(14-24-26(16)19-8-4-3-5-9-19)23(28)31-15-22(27)18-10-11-21-17(13-18)7-6-12-25(21)32(2,29)30/h3-5,8-11,13-14H,6-7,12,15H2,1-2H3. The van der Waals surface area contributed by atoms with Crippen LogP contribution in [0.1, 0.15) is 38.4 Å². The minimum atomic E-state index is -3.38. The van der Waals surface area contributed by atoms with E-state index in [1.54, 1.807) is 29.8 Å². The van der Waals surface area contributed by atoms with Gasteiger partial charge in [0.25, 0.3) is 0 Å². The number of ether oxygens (including phenoxy) is 1. The van der Waals surface area contributed by atoms with E-state index >= 15 is 0 Å². The molecule has 0 radical (unpaired) electrons. The Kier molecular flexibility index (Phi) is 5.84. The molecule has 8 nitrogen and oxygen atoms in total. The molecule has 4 rings (SSSR count). The summed E-state index contributed by atoms with van der Waals surface area (Å²) < 4.78 is 32.2. The van der Waals surface area contributed by atoms with Gasteiger partial charge in [0.1, 0.15) is 5.56 Å². The number of esters is 1. The normalized spacial score (nSPS) is 13.5. The average molecular weight is 454 g/mol. The summed E-state index contributed by atoms with van der Waals surface area (Å²) in [5.41, 5.74) is 3.48. The van der Waals surface area contributed by atoms with Crippen molar-refractivity contribution in [2.24, 2.45) is 0 Å². The van der Waals surface area contributed by atoms with Crippen LogP contribution in [0.5, 0.6) is 0 Å². The number of fused-ring (bicyclic) bond motifs is 1. The first-order chi connectivity index (χ1) is 15.3. The van der Waals surface area contributed by atoms with Gasteiger partial charge in [-0.3, -0.25) is 9.10 Å². The number of para-hydroxylation sites is 1. The third kappa shape index (κ3) is 4.29. The van der Waals surface area contributed by atoms with Crippen molar-refractivity contribution < 1.29 is 22.7 Å². The zero-order valence-electron chi connectivity index (χ0n) is 17.8. The van der Waals surface area contributed by atoms with Crippen LogP contribution in [0.2, 0.25) is 0 Å². The number of carbonyl (C=O) groups excluding carboxylic acids is 2. The molecule has 32 heavy (non-hydrogen) atoms. The third-order valence-electron chi connectivity index (χ3n) is 5.44. The Morgan fingerprint density at radius 3 is 2.59 bits per heavy atom. The van der Waals surface area contributed by atoms with Crippen LogP contribution in [0, 0.1) is 6.92 Å². The molecular formula is C23H23N3O5S. The van der Waals surface area contributed by atoms with Gasteiger partial charge in [-0.05, 0) is 55.7 Å². The predicted octanol–water partition coefficient (Wildman–Crippen LogP) is 2.93. The third-order valence-corrected chi connectivity index (χ3v) is 6.62. The minimum Gasteiger partial charge on any atom is -0.454 e. The van der Waals surface area contributed by atoms with E-state index < -0.39 is 22.6 Å². The number of hydrogen-bond donors (Lipinski definition) is 0. The number of sulfonamides is 1. The van der Waals surface area contributed by atoms with Crippen molar-refractivity contribution in [2.75, 3.05) is 23.7 Å². The lowest BCUT2D eigenvalue weighted by Gasteiger charge is -2.29. The summed E-state index contributed by atoms with van der Waals surface area (Å²) >= 11 is 0. The van der Waals surface area contributed by atoms with E-state index in [1.165, 1.54) is 16.8 Å². The SMILES string of the molecule is Cc1c(C(=O)OCC(=O)c2ccc3c(c2)CCCN3S(C)(=O)=O)cnn1-c1ccccc1. The highest BCUT2D eigenvalue weighted by atomic mass is 32.2. The van der Waals surface area contributed by atoms with Gasteiger partial charge < -0.3 is 4.74 Å². The topological polar surface area (TPSA) is 98.6 Å². The van der Waals surface area contributed by atoms with Gasteiger partial charge in [-0.2, -0.15) is 5.10 Å². The lowest BCUT2D eigenvalue weighted by Crippen LogP contribution is -2.34. The van der Waals surface area contributed by atoms with Gasteiger partial charge >= 0.3 is 5.97 Å². The molecule has 3 aromatic rings. The van der Waals surface area contributed by atoms with Gasteiger partial charge in [-0.15, -0.1) is 0 Å². The molecule has 0 fully saturated rings. The Bertz CT molecular complexity index is 1280. The molecule has 9 heteroatoms. The van der Waals surface area contributed by atoms with Crippen LogP contribution in [0.25, 0.3) is 5.69 Å². The number of ketones is 1. The maximum absolute atomic E-state index is 12.6. The Morgan fingerprint density at radius 2 is 1.88 bits per heavy atom. The summed E-state index contributed by atoms with van der Waals surface area (Å²) in [6.07, 6.45) is 3.95. The highest BCUT2D eigenvalue weighted by Gasteiger charge is 2.25. The average Bonchev–Trinajstić information content (AvgIpc) is 3.17. The zero-order chi connectivity index (χ0) is 22.9. The second-order valence-electron chi connectivity index (χ2n) is 7.67. The van der Waals surface area contributed by atoms with E-state index in [9.17, 15) is 18.0 Å². The fourth-order valence-electron chi connectivity index (χ4n) is 3.81. The molecule has 1 aliphatic heterocycles. The first-order valence-corrected chi connectivity index (χ1v) is 12.0. The molecule has 0 amide bonds. The number of Topliss-reactive ketones (excluding diaryl/α,β-unsaturated/α-hetero) is 1. The first-order valence-electron chi connectivity index (χ1n) is 10.2. The van der Waals surface area contributed by atoms with Crippen LogP contribution in [-0.2, 0) is 21.2 Å². The van der Waals surface area contributed by atoms with Gasteiger partial charge in [0, 0.05) is 12.1 Å². The minimum absolute atomic E-state index is 0.288. The molecule has 0 saturated carbocycles. The second kappa shape index (κ2) is 8.58. The van der Waals surface area contributed by atoms with Crippen LogP contribution >= 0.6 is 0 Å².